The van der Waals surface area contributed by atoms with Gasteiger partial charge in [0.15, 0.2) is 0 Å². The molecule has 2 heterocycles. The van der Waals surface area contributed by atoms with Gasteiger partial charge in [-0.15, -0.1) is 0 Å². The van der Waals surface area contributed by atoms with E-state index in [9.17, 15) is 14.7 Å². The van der Waals surface area contributed by atoms with Gasteiger partial charge in [0.2, 0.25) is 11.8 Å². The number of amides is 2. The predicted octanol–water partition coefficient (Wildman–Crippen LogP) is -0.620. The molecule has 114 valence electrons. The van der Waals surface area contributed by atoms with Gasteiger partial charge >= 0.3 is 0 Å². The first-order valence-electron chi connectivity index (χ1n) is 7.30. The molecule has 2 aliphatic heterocycles. The summed E-state index contributed by atoms with van der Waals surface area (Å²) in [6, 6.07) is 0. The van der Waals surface area contributed by atoms with Crippen LogP contribution in [-0.2, 0) is 9.59 Å². The number of β-amino-alcohol motifs (C(OH)–C–C–N with tert-alkyl or cyclic N) is 1. The first-order valence-corrected chi connectivity index (χ1v) is 7.30. The van der Waals surface area contributed by atoms with E-state index in [1.807, 2.05) is 23.6 Å². The summed E-state index contributed by atoms with van der Waals surface area (Å²) in [6.07, 6.45) is 0. The molecule has 20 heavy (non-hydrogen) atoms. The van der Waals surface area contributed by atoms with Crippen molar-refractivity contribution < 1.29 is 14.7 Å². The minimum absolute atomic E-state index is 0.0711. The van der Waals surface area contributed by atoms with Gasteiger partial charge in [0.05, 0.1) is 12.1 Å². The molecule has 6 nitrogen and oxygen atoms in total. The van der Waals surface area contributed by atoms with E-state index in [4.69, 9.17) is 0 Å². The first-order chi connectivity index (χ1) is 9.32. The maximum Gasteiger partial charge on any atom is 0.236 e. The highest BCUT2D eigenvalue weighted by atomic mass is 16.3. The molecular weight excluding hydrogens is 258 g/mol. The number of carbonyl (C=O) groups is 2. The van der Waals surface area contributed by atoms with Crippen LogP contribution in [0.25, 0.3) is 0 Å². The van der Waals surface area contributed by atoms with Crippen LogP contribution in [0.1, 0.15) is 20.8 Å². The van der Waals surface area contributed by atoms with Crippen LogP contribution in [0.2, 0.25) is 0 Å². The molecule has 2 fully saturated rings. The fourth-order valence-corrected chi connectivity index (χ4v) is 2.77. The monoisotopic (exact) mass is 283 g/mol. The Bertz CT molecular complexity index is 383. The van der Waals surface area contributed by atoms with Crippen molar-refractivity contribution in [3.05, 3.63) is 0 Å². The number of hydrogen-bond acceptors (Lipinski definition) is 4. The molecule has 0 aromatic heterocycles. The maximum absolute atomic E-state index is 12.2. The van der Waals surface area contributed by atoms with Crippen LogP contribution in [0, 0.1) is 5.92 Å². The van der Waals surface area contributed by atoms with Gasteiger partial charge in [-0.2, -0.15) is 0 Å². The topological polar surface area (TPSA) is 64.1 Å². The van der Waals surface area contributed by atoms with Crippen molar-refractivity contribution in [2.45, 2.75) is 26.4 Å². The van der Waals surface area contributed by atoms with E-state index in [1.165, 1.54) is 0 Å². The zero-order chi connectivity index (χ0) is 14.9. The van der Waals surface area contributed by atoms with Crippen LogP contribution >= 0.6 is 0 Å². The van der Waals surface area contributed by atoms with E-state index in [1.54, 1.807) is 11.8 Å². The van der Waals surface area contributed by atoms with E-state index >= 15 is 0 Å². The van der Waals surface area contributed by atoms with Gasteiger partial charge in [-0.25, -0.2) is 0 Å². The highest BCUT2D eigenvalue weighted by Gasteiger charge is 2.44. The predicted molar refractivity (Wildman–Crippen MR) is 75.1 cm³/mol. The van der Waals surface area contributed by atoms with Crippen LogP contribution in [0.4, 0.5) is 0 Å². The molecule has 0 bridgehead atoms. The normalized spacial score (nSPS) is 22.9. The molecule has 6 heteroatoms. The van der Waals surface area contributed by atoms with Crippen molar-refractivity contribution >= 4 is 11.8 Å². The molecule has 0 atom stereocenters. The smallest absolute Gasteiger partial charge is 0.236 e. The quantitative estimate of drug-likeness (QED) is 0.750. The van der Waals surface area contributed by atoms with Crippen LogP contribution in [0.5, 0.6) is 0 Å². The Kier molecular flexibility index (Phi) is 4.34. The molecule has 2 amide bonds. The summed E-state index contributed by atoms with van der Waals surface area (Å²) >= 11 is 0. The number of rotatable bonds is 3. The lowest BCUT2D eigenvalue weighted by molar-refractivity contribution is -0.151. The fourth-order valence-electron chi connectivity index (χ4n) is 2.77. The minimum atomic E-state index is -0.631. The summed E-state index contributed by atoms with van der Waals surface area (Å²) in [5.74, 6) is 0.383. The van der Waals surface area contributed by atoms with Gasteiger partial charge in [0, 0.05) is 46.2 Å². The number of piperazine rings is 1. The molecular formula is C14H25N3O3. The lowest BCUT2D eigenvalue weighted by Gasteiger charge is -2.49. The summed E-state index contributed by atoms with van der Waals surface area (Å²) in [4.78, 5) is 29.0. The maximum atomic E-state index is 12.2. The number of likely N-dealkylation sites (tertiary alicyclic amines) is 1. The molecule has 0 aliphatic carbocycles. The Labute approximate surface area is 120 Å². The van der Waals surface area contributed by atoms with E-state index in [-0.39, 0.29) is 17.7 Å². The highest BCUT2D eigenvalue weighted by molar-refractivity contribution is 5.79. The highest BCUT2D eigenvalue weighted by Crippen LogP contribution is 2.28. The Balaban J connectivity index is 1.74. The van der Waals surface area contributed by atoms with Crippen molar-refractivity contribution in [1.29, 1.82) is 0 Å². The van der Waals surface area contributed by atoms with Gasteiger partial charge in [-0.3, -0.25) is 14.5 Å². The van der Waals surface area contributed by atoms with Gasteiger partial charge in [0.1, 0.15) is 0 Å². The molecule has 0 aromatic rings. The summed E-state index contributed by atoms with van der Waals surface area (Å²) in [5.41, 5.74) is -0.631. The minimum Gasteiger partial charge on any atom is -0.387 e. The van der Waals surface area contributed by atoms with Crippen molar-refractivity contribution in [3.8, 4) is 0 Å². The molecule has 0 saturated carbocycles. The molecule has 1 N–H and O–H groups in total. The third-order valence-corrected chi connectivity index (χ3v) is 4.51. The zero-order valence-corrected chi connectivity index (χ0v) is 12.6. The van der Waals surface area contributed by atoms with Gasteiger partial charge < -0.3 is 14.9 Å². The average Bonchev–Trinajstić information content (AvgIpc) is 2.36. The molecule has 0 spiro atoms. The lowest BCUT2D eigenvalue weighted by Crippen LogP contribution is -2.66. The van der Waals surface area contributed by atoms with Crippen LogP contribution in [-0.4, -0.2) is 83.0 Å². The third kappa shape index (κ3) is 3.12. The standard InChI is InChI=1S/C14H25N3O3/c1-11(2)14(20)9-15(10-14)8-13(19)17-6-4-16(5-7-17)12(3)18/h11,20H,4-10H2,1-3H3. The Morgan fingerprint density at radius 3 is 2.05 bits per heavy atom. The van der Waals surface area contributed by atoms with E-state index in [0.29, 0.717) is 45.8 Å². The van der Waals surface area contributed by atoms with E-state index in [2.05, 4.69) is 0 Å². The molecule has 0 unspecified atom stereocenters. The molecule has 2 rings (SSSR count). The van der Waals surface area contributed by atoms with Crippen molar-refractivity contribution in [2.75, 3.05) is 45.8 Å². The number of aliphatic hydroxyl groups is 1. The largest absolute Gasteiger partial charge is 0.387 e. The van der Waals surface area contributed by atoms with Crippen molar-refractivity contribution in [2.24, 2.45) is 5.92 Å². The van der Waals surface area contributed by atoms with Crippen LogP contribution in [0.15, 0.2) is 0 Å². The SMILES string of the molecule is CC(=O)N1CCN(C(=O)CN2CC(O)(C(C)C)C2)CC1. The summed E-state index contributed by atoms with van der Waals surface area (Å²) in [6.45, 7) is 9.54. The fraction of sp³-hybridized carbons (Fsp3) is 0.857. The first kappa shape index (κ1) is 15.3. The molecule has 0 aromatic carbocycles. The summed E-state index contributed by atoms with van der Waals surface area (Å²) < 4.78 is 0. The number of carbonyl (C=O) groups excluding carboxylic acids is 2. The number of hydrogen-bond donors (Lipinski definition) is 1. The van der Waals surface area contributed by atoms with Crippen LogP contribution in [0.3, 0.4) is 0 Å². The molecule has 0 radical (unpaired) electrons. The molecule has 2 saturated heterocycles. The Morgan fingerprint density at radius 2 is 1.60 bits per heavy atom. The number of nitrogens with zero attached hydrogens (tertiary/aromatic N) is 3. The van der Waals surface area contributed by atoms with Crippen molar-refractivity contribution in [1.82, 2.24) is 14.7 Å². The van der Waals surface area contributed by atoms with Crippen molar-refractivity contribution in [3.63, 3.8) is 0 Å². The third-order valence-electron chi connectivity index (χ3n) is 4.51. The lowest BCUT2D eigenvalue weighted by atomic mass is 9.83. The second kappa shape index (κ2) is 5.69. The zero-order valence-electron chi connectivity index (χ0n) is 12.6. The van der Waals surface area contributed by atoms with Gasteiger partial charge in [-0.1, -0.05) is 13.8 Å². The van der Waals surface area contributed by atoms with E-state index < -0.39 is 5.60 Å². The van der Waals surface area contributed by atoms with Gasteiger partial charge in [0.25, 0.3) is 0 Å². The Hall–Kier alpha value is -1.14. The second-order valence-corrected chi connectivity index (χ2v) is 6.29. The Morgan fingerprint density at radius 1 is 1.10 bits per heavy atom. The average molecular weight is 283 g/mol. The molecule has 2 aliphatic rings. The van der Waals surface area contributed by atoms with Crippen LogP contribution < -0.4 is 0 Å². The van der Waals surface area contributed by atoms with Gasteiger partial charge in [-0.05, 0) is 5.92 Å². The second-order valence-electron chi connectivity index (χ2n) is 6.29. The van der Waals surface area contributed by atoms with E-state index in [0.717, 1.165) is 0 Å². The summed E-state index contributed by atoms with van der Waals surface area (Å²) in [7, 11) is 0. The summed E-state index contributed by atoms with van der Waals surface area (Å²) in [5, 5.41) is 10.2.